The summed E-state index contributed by atoms with van der Waals surface area (Å²) in [6.45, 7) is 0. The standard InChI is InChI=1S/C3H5N3/c4-3-5-1-2-6-3/h1-2H,(H3,4,5,6)/i1D. The molecule has 1 rings (SSSR count). The second kappa shape index (κ2) is 1.01. The van der Waals surface area contributed by atoms with Crippen LogP contribution in [0.25, 0.3) is 0 Å². The average molecular weight is 84.1 g/mol. The van der Waals surface area contributed by atoms with Crippen LogP contribution >= 0.6 is 0 Å². The van der Waals surface area contributed by atoms with Crippen molar-refractivity contribution in [1.29, 1.82) is 0 Å². The molecule has 32 valence electrons. The first kappa shape index (κ1) is 2.23. The number of nitrogens with two attached hydrogens (primary N) is 1. The van der Waals surface area contributed by atoms with E-state index in [-0.39, 0.29) is 6.17 Å². The van der Waals surface area contributed by atoms with Crippen molar-refractivity contribution in [3.63, 3.8) is 0 Å². The Kier molecular flexibility index (Phi) is 0.374. The zero-order valence-corrected chi connectivity index (χ0v) is 3.10. The van der Waals surface area contributed by atoms with Crippen molar-refractivity contribution in [2.45, 2.75) is 0 Å². The van der Waals surface area contributed by atoms with Gasteiger partial charge in [0.05, 0.1) is 1.37 Å². The third-order valence-electron chi connectivity index (χ3n) is 0.470. The molecule has 0 spiro atoms. The van der Waals surface area contributed by atoms with Gasteiger partial charge in [-0.2, -0.15) is 0 Å². The summed E-state index contributed by atoms with van der Waals surface area (Å²) in [6, 6.07) is 0. The largest absolute Gasteiger partial charge is 0.369 e. The van der Waals surface area contributed by atoms with Crippen LogP contribution in [-0.4, -0.2) is 9.97 Å². The van der Waals surface area contributed by atoms with Crippen molar-refractivity contribution in [2.24, 2.45) is 0 Å². The number of hydrogen-bond acceptors (Lipinski definition) is 2. The first-order valence-electron chi connectivity index (χ1n) is 2.06. The number of nitrogen functional groups attached to an aromatic ring is 1. The van der Waals surface area contributed by atoms with Gasteiger partial charge in [-0.3, -0.25) is 0 Å². The van der Waals surface area contributed by atoms with Crippen LogP contribution in [0.1, 0.15) is 1.37 Å². The van der Waals surface area contributed by atoms with Gasteiger partial charge >= 0.3 is 0 Å². The summed E-state index contributed by atoms with van der Waals surface area (Å²) >= 11 is 0. The Morgan fingerprint density at radius 2 is 3.00 bits per heavy atom. The van der Waals surface area contributed by atoms with Crippen LogP contribution in [0, 0.1) is 0 Å². The molecule has 0 aliphatic rings. The van der Waals surface area contributed by atoms with E-state index >= 15 is 0 Å². The highest BCUT2D eigenvalue weighted by molar-refractivity contribution is 5.11. The molecule has 0 radical (unpaired) electrons. The van der Waals surface area contributed by atoms with E-state index in [1.54, 1.807) is 0 Å². The fourth-order valence-electron chi connectivity index (χ4n) is 0.240. The Bertz CT molecular complexity index is 142. The van der Waals surface area contributed by atoms with E-state index in [0.717, 1.165) is 0 Å². The van der Waals surface area contributed by atoms with E-state index in [4.69, 9.17) is 7.10 Å². The fourth-order valence-corrected chi connectivity index (χ4v) is 0.240. The number of aromatic amines is 1. The van der Waals surface area contributed by atoms with E-state index in [0.29, 0.717) is 5.95 Å². The highest BCUT2D eigenvalue weighted by Gasteiger charge is 1.74. The number of H-pyrrole nitrogens is 1. The topological polar surface area (TPSA) is 54.7 Å². The molecule has 1 heterocycles. The van der Waals surface area contributed by atoms with E-state index in [1.807, 2.05) is 0 Å². The van der Waals surface area contributed by atoms with Crippen LogP contribution in [0.15, 0.2) is 12.4 Å². The molecule has 0 atom stereocenters. The highest BCUT2D eigenvalue weighted by atomic mass is 15.0. The summed E-state index contributed by atoms with van der Waals surface area (Å²) in [4.78, 5) is 6.05. The number of hydrogen-bond donors (Lipinski definition) is 2. The van der Waals surface area contributed by atoms with Crippen LogP contribution in [0.4, 0.5) is 5.95 Å². The maximum atomic E-state index is 6.79. The van der Waals surface area contributed by atoms with Crippen molar-refractivity contribution < 1.29 is 1.37 Å². The highest BCUT2D eigenvalue weighted by Crippen LogP contribution is 1.81. The Morgan fingerprint density at radius 3 is 3.17 bits per heavy atom. The van der Waals surface area contributed by atoms with E-state index in [9.17, 15) is 0 Å². The second-order valence-corrected chi connectivity index (χ2v) is 0.915. The lowest BCUT2D eigenvalue weighted by molar-refractivity contribution is 1.33. The number of nitrogens with zero attached hydrogens (tertiary/aromatic N) is 1. The molecular weight excluding hydrogens is 78.1 g/mol. The molecule has 0 saturated heterocycles. The Labute approximate surface area is 36.6 Å². The number of imidazole rings is 1. The minimum atomic E-state index is 0.178. The molecule has 0 aliphatic carbocycles. The molecule has 3 nitrogen and oxygen atoms in total. The van der Waals surface area contributed by atoms with E-state index in [1.165, 1.54) is 6.20 Å². The number of nitrogens with one attached hydrogen (secondary N) is 1. The SMILES string of the molecule is [2H]c1c[nH]c(N)n1. The van der Waals surface area contributed by atoms with Crippen molar-refractivity contribution >= 4 is 5.95 Å². The van der Waals surface area contributed by atoms with Crippen molar-refractivity contribution in [3.05, 3.63) is 12.4 Å². The predicted molar refractivity (Wildman–Crippen MR) is 23.0 cm³/mol. The summed E-state index contributed by atoms with van der Waals surface area (Å²) in [7, 11) is 0. The van der Waals surface area contributed by atoms with Gasteiger partial charge in [-0.05, 0) is 0 Å². The van der Waals surface area contributed by atoms with Crippen LogP contribution < -0.4 is 5.73 Å². The second-order valence-electron chi connectivity index (χ2n) is 0.915. The predicted octanol–water partition coefficient (Wildman–Crippen LogP) is -0.00810. The summed E-state index contributed by atoms with van der Waals surface area (Å²) in [5.74, 6) is 0.296. The van der Waals surface area contributed by atoms with Gasteiger partial charge in [0.2, 0.25) is 0 Å². The summed E-state index contributed by atoms with van der Waals surface area (Å²) in [5.41, 5.74) is 5.09. The Balaban J connectivity index is 3.04. The van der Waals surface area contributed by atoms with Crippen LogP contribution in [0.2, 0.25) is 0 Å². The summed E-state index contributed by atoms with van der Waals surface area (Å²) in [5, 5.41) is 0. The average Bonchev–Trinajstić information content (AvgIpc) is 1.87. The van der Waals surface area contributed by atoms with Gasteiger partial charge in [-0.15, -0.1) is 0 Å². The Hall–Kier alpha value is -0.990. The molecular formula is C3H5N3. The molecule has 1 aromatic rings. The van der Waals surface area contributed by atoms with Gasteiger partial charge in [-0.25, -0.2) is 4.98 Å². The maximum absolute atomic E-state index is 6.79. The van der Waals surface area contributed by atoms with Crippen LogP contribution in [0.3, 0.4) is 0 Å². The molecule has 0 bridgehead atoms. The molecule has 0 fully saturated rings. The number of anilines is 1. The number of aromatic nitrogens is 2. The summed E-state index contributed by atoms with van der Waals surface area (Å²) < 4.78 is 6.79. The van der Waals surface area contributed by atoms with Crippen molar-refractivity contribution in [2.75, 3.05) is 5.73 Å². The third-order valence-corrected chi connectivity index (χ3v) is 0.470. The molecule has 3 heteroatoms. The van der Waals surface area contributed by atoms with E-state index in [2.05, 4.69) is 9.97 Å². The first-order chi connectivity index (χ1) is 3.29. The minimum absolute atomic E-state index is 0.178. The molecule has 0 unspecified atom stereocenters. The quantitative estimate of drug-likeness (QED) is 0.464. The fraction of sp³-hybridized carbons (Fsp3) is 0. The molecule has 6 heavy (non-hydrogen) atoms. The molecule has 0 amide bonds. The van der Waals surface area contributed by atoms with E-state index < -0.39 is 0 Å². The smallest absolute Gasteiger partial charge is 0.197 e. The van der Waals surface area contributed by atoms with Crippen molar-refractivity contribution in [1.82, 2.24) is 9.97 Å². The monoisotopic (exact) mass is 84.1 g/mol. The minimum Gasteiger partial charge on any atom is -0.369 e. The van der Waals surface area contributed by atoms with Gasteiger partial charge in [-0.1, -0.05) is 0 Å². The van der Waals surface area contributed by atoms with Crippen molar-refractivity contribution in [3.8, 4) is 0 Å². The van der Waals surface area contributed by atoms with Crippen LogP contribution in [-0.2, 0) is 0 Å². The molecule has 0 aliphatic heterocycles. The van der Waals surface area contributed by atoms with Gasteiger partial charge in [0.25, 0.3) is 0 Å². The zero-order chi connectivity index (χ0) is 5.28. The van der Waals surface area contributed by atoms with Gasteiger partial charge in [0.1, 0.15) is 0 Å². The zero-order valence-electron chi connectivity index (χ0n) is 4.10. The Morgan fingerprint density at radius 1 is 2.17 bits per heavy atom. The van der Waals surface area contributed by atoms with Gasteiger partial charge in [0, 0.05) is 12.4 Å². The molecule has 0 saturated carbocycles. The maximum Gasteiger partial charge on any atom is 0.197 e. The van der Waals surface area contributed by atoms with Gasteiger partial charge in [0.15, 0.2) is 5.95 Å². The third kappa shape index (κ3) is 0.337. The molecule has 0 aromatic carbocycles. The lowest BCUT2D eigenvalue weighted by Crippen LogP contribution is -1.83. The van der Waals surface area contributed by atoms with Gasteiger partial charge < -0.3 is 10.7 Å². The number of rotatable bonds is 0. The summed E-state index contributed by atoms with van der Waals surface area (Å²) in [6.07, 6.45) is 1.60. The van der Waals surface area contributed by atoms with Crippen LogP contribution in [0.5, 0.6) is 0 Å². The normalized spacial score (nSPS) is 11.0. The molecule has 1 aromatic heterocycles. The first-order valence-corrected chi connectivity index (χ1v) is 1.56. The lowest BCUT2D eigenvalue weighted by Gasteiger charge is -1.70. The lowest BCUT2D eigenvalue weighted by atomic mass is 11.0. The molecule has 3 N–H and O–H groups in total.